The van der Waals surface area contributed by atoms with E-state index < -0.39 is 63.7 Å². The van der Waals surface area contributed by atoms with Gasteiger partial charge in [0.1, 0.15) is 11.9 Å². The molecular formula is C13H14F6O7S. The van der Waals surface area contributed by atoms with Gasteiger partial charge in [-0.1, -0.05) is 6.92 Å². The van der Waals surface area contributed by atoms with Crippen molar-refractivity contribution in [3.05, 3.63) is 0 Å². The highest BCUT2D eigenvalue weighted by atomic mass is 32.2. The van der Waals surface area contributed by atoms with E-state index in [9.17, 15) is 44.3 Å². The molecule has 0 aromatic carbocycles. The van der Waals surface area contributed by atoms with Gasteiger partial charge in [0.2, 0.25) is 0 Å². The van der Waals surface area contributed by atoms with Gasteiger partial charge in [0, 0.05) is 0 Å². The minimum atomic E-state index is -6.44. The van der Waals surface area contributed by atoms with Crippen LogP contribution < -0.4 is 0 Å². The number of hydrogen-bond acceptors (Lipinski definition) is 6. The lowest BCUT2D eigenvalue weighted by molar-refractivity contribution is -0.362. The fraction of sp³-hybridized carbons (Fsp3) is 0.846. The van der Waals surface area contributed by atoms with Gasteiger partial charge in [0.05, 0.1) is 0 Å². The van der Waals surface area contributed by atoms with E-state index >= 15 is 0 Å². The molecular weight excluding hydrogens is 414 g/mol. The Bertz CT molecular complexity index is 712. The normalized spacial score (nSPS) is 29.4. The first-order chi connectivity index (χ1) is 12.0. The van der Waals surface area contributed by atoms with E-state index in [1.807, 2.05) is 0 Å². The molecule has 0 aromatic rings. The quantitative estimate of drug-likeness (QED) is 0.315. The number of rotatable bonds is 4. The van der Waals surface area contributed by atoms with E-state index in [2.05, 4.69) is 4.74 Å². The van der Waals surface area contributed by atoms with E-state index in [0.717, 1.165) is 0 Å². The number of carbonyl (C=O) groups excluding carboxylic acids is 2. The maximum atomic E-state index is 13.2. The van der Waals surface area contributed by atoms with Crippen molar-refractivity contribution < 1.29 is 58.4 Å². The Morgan fingerprint density at radius 2 is 1.70 bits per heavy atom. The topological polar surface area (TPSA) is 107 Å². The highest BCUT2D eigenvalue weighted by molar-refractivity contribution is 7.85. The molecule has 27 heavy (non-hydrogen) atoms. The minimum absolute atomic E-state index is 0.0516. The van der Waals surface area contributed by atoms with Crippen LogP contribution in [0.5, 0.6) is 0 Å². The Morgan fingerprint density at radius 1 is 1.19 bits per heavy atom. The second kappa shape index (κ2) is 6.50. The molecule has 0 amide bonds. The van der Waals surface area contributed by atoms with Crippen LogP contribution in [-0.4, -0.2) is 54.7 Å². The van der Waals surface area contributed by atoms with Gasteiger partial charge < -0.3 is 9.47 Å². The van der Waals surface area contributed by atoms with Crippen molar-refractivity contribution in [1.29, 1.82) is 0 Å². The van der Waals surface area contributed by atoms with Gasteiger partial charge in [-0.3, -0.25) is 14.1 Å². The number of alkyl halides is 6. The molecule has 156 valence electrons. The van der Waals surface area contributed by atoms with Crippen LogP contribution in [0.25, 0.3) is 0 Å². The third-order valence-corrected chi connectivity index (χ3v) is 5.44. The maximum Gasteiger partial charge on any atom is 0.438 e. The van der Waals surface area contributed by atoms with Crippen LogP contribution in [0, 0.1) is 17.8 Å². The molecule has 2 bridgehead atoms. The Balaban J connectivity index is 2.43. The zero-order chi connectivity index (χ0) is 21.0. The molecule has 4 atom stereocenters. The van der Waals surface area contributed by atoms with Gasteiger partial charge in [-0.2, -0.15) is 34.8 Å². The van der Waals surface area contributed by atoms with Crippen LogP contribution in [0.15, 0.2) is 0 Å². The van der Waals surface area contributed by atoms with E-state index in [0.29, 0.717) is 0 Å². The number of fused-ring (bicyclic) bond motifs is 2. The molecule has 1 saturated carbocycles. The third kappa shape index (κ3) is 4.00. The minimum Gasteiger partial charge on any atom is -0.461 e. The number of halogens is 6. The number of esters is 2. The van der Waals surface area contributed by atoms with Crippen molar-refractivity contribution in [3.63, 3.8) is 0 Å². The molecule has 1 aliphatic carbocycles. The zero-order valence-electron chi connectivity index (χ0n) is 13.5. The SMILES string of the molecule is CC1CC2CC1OC(=O)C2C(=O)OC(CS(=O)(=O)O)(C(F)(F)F)C(F)(F)F. The summed E-state index contributed by atoms with van der Waals surface area (Å²) < 4.78 is 118. The first kappa shape index (κ1) is 21.7. The first-order valence-corrected chi connectivity index (χ1v) is 9.11. The zero-order valence-corrected chi connectivity index (χ0v) is 14.3. The summed E-state index contributed by atoms with van der Waals surface area (Å²) in [5, 5.41) is 0. The number of hydrogen-bond donors (Lipinski definition) is 1. The van der Waals surface area contributed by atoms with Crippen LogP contribution in [0.4, 0.5) is 26.3 Å². The average Bonchev–Trinajstić information content (AvgIpc) is 2.69. The largest absolute Gasteiger partial charge is 0.461 e. The molecule has 2 aliphatic rings. The highest BCUT2D eigenvalue weighted by Gasteiger charge is 2.76. The van der Waals surface area contributed by atoms with E-state index in [1.165, 1.54) is 0 Å². The molecule has 14 heteroatoms. The lowest BCUT2D eigenvalue weighted by atomic mass is 9.89. The summed E-state index contributed by atoms with van der Waals surface area (Å²) in [6, 6.07) is 0. The third-order valence-electron chi connectivity index (χ3n) is 4.67. The summed E-state index contributed by atoms with van der Waals surface area (Å²) in [4.78, 5) is 24.0. The Kier molecular flexibility index (Phi) is 5.23. The Hall–Kier alpha value is -1.57. The van der Waals surface area contributed by atoms with Gasteiger partial charge in [0.25, 0.3) is 10.1 Å². The molecule has 1 heterocycles. The predicted molar refractivity (Wildman–Crippen MR) is 72.6 cm³/mol. The molecule has 2 rings (SSSR count). The number of carbonyl (C=O) groups is 2. The smallest absolute Gasteiger partial charge is 0.438 e. The van der Waals surface area contributed by atoms with Crippen LogP contribution in [-0.2, 0) is 29.2 Å². The van der Waals surface area contributed by atoms with Crippen molar-refractivity contribution in [1.82, 2.24) is 0 Å². The van der Waals surface area contributed by atoms with Crippen molar-refractivity contribution >= 4 is 22.1 Å². The summed E-state index contributed by atoms with van der Waals surface area (Å²) in [6.45, 7) is 1.62. The fourth-order valence-electron chi connectivity index (χ4n) is 3.36. The van der Waals surface area contributed by atoms with Crippen molar-refractivity contribution in [2.75, 3.05) is 5.75 Å². The van der Waals surface area contributed by atoms with Crippen LogP contribution in [0.2, 0.25) is 0 Å². The van der Waals surface area contributed by atoms with E-state index in [-0.39, 0.29) is 18.8 Å². The first-order valence-electron chi connectivity index (χ1n) is 7.50. The Morgan fingerprint density at radius 3 is 2.15 bits per heavy atom. The lowest BCUT2D eigenvalue weighted by Crippen LogP contribution is -2.64. The molecule has 0 aromatic heterocycles. The molecule has 0 spiro atoms. The summed E-state index contributed by atoms with van der Waals surface area (Å²) in [5.41, 5.74) is -5.54. The highest BCUT2D eigenvalue weighted by Crippen LogP contribution is 2.49. The van der Waals surface area contributed by atoms with Gasteiger partial charge in [0.15, 0.2) is 5.92 Å². The van der Waals surface area contributed by atoms with Gasteiger partial charge in [-0.15, -0.1) is 0 Å². The van der Waals surface area contributed by atoms with Crippen LogP contribution >= 0.6 is 0 Å². The van der Waals surface area contributed by atoms with Crippen molar-refractivity contribution in [2.45, 2.75) is 43.8 Å². The monoisotopic (exact) mass is 428 g/mol. The second-order valence-corrected chi connectivity index (χ2v) is 8.08. The predicted octanol–water partition coefficient (Wildman–Crippen LogP) is 1.87. The molecule has 4 unspecified atom stereocenters. The lowest BCUT2D eigenvalue weighted by Gasteiger charge is -2.37. The summed E-state index contributed by atoms with van der Waals surface area (Å²) in [5.74, 6) is -9.76. The molecule has 1 aliphatic heterocycles. The van der Waals surface area contributed by atoms with Crippen LogP contribution in [0.1, 0.15) is 19.8 Å². The molecule has 2 fully saturated rings. The van der Waals surface area contributed by atoms with Gasteiger partial charge >= 0.3 is 29.9 Å². The second-order valence-electron chi connectivity index (χ2n) is 6.63. The Labute approximate surface area is 148 Å². The number of ether oxygens (including phenoxy) is 2. The molecule has 7 nitrogen and oxygen atoms in total. The molecule has 1 N–H and O–H groups in total. The summed E-state index contributed by atoms with van der Waals surface area (Å²) in [7, 11) is -5.89. The van der Waals surface area contributed by atoms with Gasteiger partial charge in [-0.25, -0.2) is 0 Å². The molecule has 0 radical (unpaired) electrons. The molecule has 1 saturated heterocycles. The van der Waals surface area contributed by atoms with E-state index in [1.54, 1.807) is 6.92 Å². The van der Waals surface area contributed by atoms with E-state index in [4.69, 9.17) is 9.29 Å². The summed E-state index contributed by atoms with van der Waals surface area (Å²) >= 11 is 0. The maximum absolute atomic E-state index is 13.2. The van der Waals surface area contributed by atoms with Gasteiger partial charge in [-0.05, 0) is 24.7 Å². The van der Waals surface area contributed by atoms with Crippen molar-refractivity contribution in [2.24, 2.45) is 17.8 Å². The van der Waals surface area contributed by atoms with Crippen LogP contribution in [0.3, 0.4) is 0 Å². The summed E-state index contributed by atoms with van der Waals surface area (Å²) in [6.07, 6.45) is -13.3. The fourth-order valence-corrected chi connectivity index (χ4v) is 4.26. The average molecular weight is 428 g/mol. The standard InChI is InChI=1S/C13H14F6O7S/c1-5-2-6-3-7(5)25-9(20)8(6)10(21)26-11(12(14,15)16,13(17,18)19)4-27(22,23)24/h5-8H,2-4H2,1H3,(H,22,23,24). The van der Waals surface area contributed by atoms with Crippen molar-refractivity contribution in [3.8, 4) is 0 Å².